The van der Waals surface area contributed by atoms with E-state index in [0.29, 0.717) is 26.1 Å². The summed E-state index contributed by atoms with van der Waals surface area (Å²) in [6, 6.07) is 0. The standard InChI is InChI=1S/C11H18N2O4/c1-17-3-2-12-5-7(14)6-13-10(15)8-4-9(8)11(13)16/h7-9,12,14H,2-6H2,1H3. The normalized spacial score (nSPS) is 28.5. The molecule has 2 aliphatic rings. The molecule has 0 radical (unpaired) electrons. The monoisotopic (exact) mass is 242 g/mol. The molecular formula is C11H18N2O4. The largest absolute Gasteiger partial charge is 0.390 e. The minimum atomic E-state index is -0.711. The highest BCUT2D eigenvalue weighted by atomic mass is 16.5. The van der Waals surface area contributed by atoms with E-state index in [0.717, 1.165) is 0 Å². The number of fused-ring (bicyclic) bond motifs is 1. The van der Waals surface area contributed by atoms with E-state index < -0.39 is 6.10 Å². The number of imide groups is 1. The topological polar surface area (TPSA) is 78.9 Å². The van der Waals surface area contributed by atoms with Crippen LogP contribution in [-0.2, 0) is 14.3 Å². The van der Waals surface area contributed by atoms with Crippen molar-refractivity contribution in [2.75, 3.05) is 33.4 Å². The molecule has 1 heterocycles. The van der Waals surface area contributed by atoms with Crippen LogP contribution in [0.3, 0.4) is 0 Å². The van der Waals surface area contributed by atoms with E-state index in [1.54, 1.807) is 7.11 Å². The second kappa shape index (κ2) is 5.12. The van der Waals surface area contributed by atoms with Gasteiger partial charge in [0.1, 0.15) is 0 Å². The summed E-state index contributed by atoms with van der Waals surface area (Å²) >= 11 is 0. The average molecular weight is 242 g/mol. The Hall–Kier alpha value is -0.980. The van der Waals surface area contributed by atoms with Gasteiger partial charge in [0.15, 0.2) is 0 Å². The van der Waals surface area contributed by atoms with Gasteiger partial charge in [-0.05, 0) is 6.42 Å². The lowest BCUT2D eigenvalue weighted by molar-refractivity contribution is -0.142. The van der Waals surface area contributed by atoms with Crippen LogP contribution in [0.5, 0.6) is 0 Å². The maximum atomic E-state index is 11.6. The molecule has 6 nitrogen and oxygen atoms in total. The number of β-amino-alcohol motifs (C(OH)–C–C–N with tert-alkyl or cyclic N) is 1. The lowest BCUT2D eigenvalue weighted by Gasteiger charge is -2.20. The van der Waals surface area contributed by atoms with E-state index >= 15 is 0 Å². The number of rotatable bonds is 7. The van der Waals surface area contributed by atoms with Crippen molar-refractivity contribution in [3.05, 3.63) is 0 Å². The molecule has 17 heavy (non-hydrogen) atoms. The number of piperidine rings is 1. The summed E-state index contributed by atoms with van der Waals surface area (Å²) in [5.41, 5.74) is 0. The third kappa shape index (κ3) is 2.65. The number of methoxy groups -OCH3 is 1. The Labute approximate surface area is 99.9 Å². The van der Waals surface area contributed by atoms with E-state index in [2.05, 4.69) is 5.32 Å². The van der Waals surface area contributed by atoms with Crippen molar-refractivity contribution in [1.82, 2.24) is 10.2 Å². The molecule has 1 aliphatic carbocycles. The highest BCUT2D eigenvalue weighted by Crippen LogP contribution is 2.46. The summed E-state index contributed by atoms with van der Waals surface area (Å²) in [6.45, 7) is 1.67. The summed E-state index contributed by atoms with van der Waals surface area (Å²) in [6.07, 6.45) is -0.00616. The van der Waals surface area contributed by atoms with Gasteiger partial charge in [-0.3, -0.25) is 14.5 Å². The molecule has 0 bridgehead atoms. The number of hydrogen-bond acceptors (Lipinski definition) is 5. The number of aliphatic hydroxyl groups excluding tert-OH is 1. The second-order valence-corrected chi connectivity index (χ2v) is 4.59. The molecule has 3 unspecified atom stereocenters. The van der Waals surface area contributed by atoms with Gasteiger partial charge in [0.25, 0.3) is 0 Å². The van der Waals surface area contributed by atoms with E-state index in [1.807, 2.05) is 0 Å². The number of likely N-dealkylation sites (tertiary alicyclic amines) is 1. The molecule has 96 valence electrons. The highest BCUT2D eigenvalue weighted by Gasteiger charge is 2.58. The quantitative estimate of drug-likeness (QED) is 0.423. The van der Waals surface area contributed by atoms with Gasteiger partial charge in [-0.25, -0.2) is 0 Å². The molecular weight excluding hydrogens is 224 g/mol. The van der Waals surface area contributed by atoms with E-state index in [4.69, 9.17) is 4.74 Å². The molecule has 0 spiro atoms. The molecule has 6 heteroatoms. The van der Waals surface area contributed by atoms with Crippen LogP contribution in [0.4, 0.5) is 0 Å². The maximum Gasteiger partial charge on any atom is 0.233 e. The van der Waals surface area contributed by atoms with Crippen LogP contribution < -0.4 is 5.32 Å². The van der Waals surface area contributed by atoms with Gasteiger partial charge in [0, 0.05) is 20.2 Å². The Morgan fingerprint density at radius 3 is 2.71 bits per heavy atom. The zero-order valence-electron chi connectivity index (χ0n) is 9.89. The molecule has 0 aromatic heterocycles. The Bertz CT molecular complexity index is 301. The molecule has 0 aromatic rings. The lowest BCUT2D eigenvalue weighted by Crippen LogP contribution is -2.43. The maximum absolute atomic E-state index is 11.6. The van der Waals surface area contributed by atoms with Gasteiger partial charge < -0.3 is 15.2 Å². The Kier molecular flexibility index (Phi) is 3.76. The average Bonchev–Trinajstić information content (AvgIpc) is 3.05. The summed E-state index contributed by atoms with van der Waals surface area (Å²) in [7, 11) is 1.60. The Balaban J connectivity index is 1.70. The zero-order valence-corrected chi connectivity index (χ0v) is 9.89. The molecule has 0 aromatic carbocycles. The molecule has 3 atom stereocenters. The van der Waals surface area contributed by atoms with Gasteiger partial charge >= 0.3 is 0 Å². The van der Waals surface area contributed by atoms with Crippen LogP contribution >= 0.6 is 0 Å². The molecule has 2 fully saturated rings. The van der Waals surface area contributed by atoms with Crippen LogP contribution in [0.15, 0.2) is 0 Å². The molecule has 1 saturated heterocycles. The van der Waals surface area contributed by atoms with Crippen LogP contribution in [0.25, 0.3) is 0 Å². The summed E-state index contributed by atoms with van der Waals surface area (Å²) in [5, 5.41) is 12.7. The number of aliphatic hydroxyl groups is 1. The van der Waals surface area contributed by atoms with Crippen molar-refractivity contribution >= 4 is 11.8 Å². The van der Waals surface area contributed by atoms with Crippen molar-refractivity contribution in [3.63, 3.8) is 0 Å². The fraction of sp³-hybridized carbons (Fsp3) is 0.818. The number of ether oxygens (including phenoxy) is 1. The third-order valence-corrected chi connectivity index (χ3v) is 3.21. The van der Waals surface area contributed by atoms with Crippen molar-refractivity contribution in [3.8, 4) is 0 Å². The predicted molar refractivity (Wildman–Crippen MR) is 59.1 cm³/mol. The van der Waals surface area contributed by atoms with E-state index in [9.17, 15) is 14.7 Å². The first kappa shape index (κ1) is 12.5. The number of carbonyl (C=O) groups is 2. The highest BCUT2D eigenvalue weighted by molar-refractivity contribution is 6.08. The van der Waals surface area contributed by atoms with Crippen LogP contribution in [0.2, 0.25) is 0 Å². The van der Waals surface area contributed by atoms with Crippen LogP contribution in [-0.4, -0.2) is 61.3 Å². The van der Waals surface area contributed by atoms with Gasteiger partial charge in [-0.1, -0.05) is 0 Å². The molecule has 2 N–H and O–H groups in total. The first-order chi connectivity index (χ1) is 8.15. The van der Waals surface area contributed by atoms with Crippen molar-refractivity contribution in [2.45, 2.75) is 12.5 Å². The van der Waals surface area contributed by atoms with Gasteiger partial charge in [0.2, 0.25) is 11.8 Å². The SMILES string of the molecule is COCCNCC(O)CN1C(=O)C2CC2C1=O. The second-order valence-electron chi connectivity index (χ2n) is 4.59. The number of nitrogens with one attached hydrogen (secondary N) is 1. The third-order valence-electron chi connectivity index (χ3n) is 3.21. The Morgan fingerprint density at radius 1 is 1.47 bits per heavy atom. The smallest absolute Gasteiger partial charge is 0.233 e. The number of hydrogen-bond donors (Lipinski definition) is 2. The number of nitrogens with zero attached hydrogens (tertiary/aromatic N) is 1. The lowest BCUT2D eigenvalue weighted by atomic mass is 10.3. The van der Waals surface area contributed by atoms with Gasteiger partial charge in [-0.15, -0.1) is 0 Å². The zero-order chi connectivity index (χ0) is 12.4. The van der Waals surface area contributed by atoms with Gasteiger partial charge in [-0.2, -0.15) is 0 Å². The predicted octanol–water partition coefficient (Wildman–Crippen LogP) is -1.41. The van der Waals surface area contributed by atoms with E-state index in [-0.39, 0.29) is 30.2 Å². The minimum Gasteiger partial charge on any atom is -0.390 e. The van der Waals surface area contributed by atoms with Crippen molar-refractivity contribution in [2.24, 2.45) is 11.8 Å². The van der Waals surface area contributed by atoms with Crippen molar-refractivity contribution in [1.29, 1.82) is 0 Å². The Morgan fingerprint density at radius 2 is 2.12 bits per heavy atom. The van der Waals surface area contributed by atoms with Gasteiger partial charge in [0.05, 0.1) is 31.1 Å². The fourth-order valence-electron chi connectivity index (χ4n) is 2.15. The first-order valence-electron chi connectivity index (χ1n) is 5.88. The fourth-order valence-corrected chi connectivity index (χ4v) is 2.15. The van der Waals surface area contributed by atoms with Crippen LogP contribution in [0, 0.1) is 11.8 Å². The molecule has 2 rings (SSSR count). The first-order valence-corrected chi connectivity index (χ1v) is 5.88. The van der Waals surface area contributed by atoms with E-state index in [1.165, 1.54) is 4.90 Å². The van der Waals surface area contributed by atoms with Crippen molar-refractivity contribution < 1.29 is 19.4 Å². The molecule has 1 aliphatic heterocycles. The summed E-state index contributed by atoms with van der Waals surface area (Å²) in [5.74, 6) is -0.404. The minimum absolute atomic E-state index is 0.0869. The molecule has 2 amide bonds. The summed E-state index contributed by atoms with van der Waals surface area (Å²) in [4.78, 5) is 24.4. The summed E-state index contributed by atoms with van der Waals surface area (Å²) < 4.78 is 4.85. The molecule has 1 saturated carbocycles. The number of amides is 2. The van der Waals surface area contributed by atoms with Crippen LogP contribution in [0.1, 0.15) is 6.42 Å². The number of carbonyl (C=O) groups excluding carboxylic acids is 2.